The lowest BCUT2D eigenvalue weighted by molar-refractivity contribution is -0.150. The van der Waals surface area contributed by atoms with E-state index in [1.165, 1.54) is 0 Å². The fraction of sp³-hybridized carbons (Fsp3) is 0.292. The lowest BCUT2D eigenvalue weighted by Crippen LogP contribution is -2.29. The molecule has 168 valence electrons. The molecule has 0 radical (unpaired) electrons. The molecule has 3 rings (SSSR count). The van der Waals surface area contributed by atoms with E-state index in [0.29, 0.717) is 23.9 Å². The molecule has 0 unspecified atom stereocenters. The van der Waals surface area contributed by atoms with Crippen molar-refractivity contribution in [1.82, 2.24) is 15.1 Å². The molecule has 32 heavy (non-hydrogen) atoms. The molecule has 8 heteroatoms. The van der Waals surface area contributed by atoms with E-state index in [9.17, 15) is 9.59 Å². The summed E-state index contributed by atoms with van der Waals surface area (Å²) in [5.74, 6) is -0.516. The van der Waals surface area contributed by atoms with E-state index in [1.54, 1.807) is 18.2 Å². The highest BCUT2D eigenvalue weighted by molar-refractivity contribution is 6.31. The van der Waals surface area contributed by atoms with Crippen molar-refractivity contribution in [3.8, 4) is 5.75 Å². The zero-order chi connectivity index (χ0) is 23.1. The summed E-state index contributed by atoms with van der Waals surface area (Å²) in [6, 6.07) is 15.1. The molecule has 1 heterocycles. The lowest BCUT2D eigenvalue weighted by Gasteiger charge is -2.09. The second-order valence-corrected chi connectivity index (χ2v) is 7.84. The third kappa shape index (κ3) is 6.34. The van der Waals surface area contributed by atoms with Gasteiger partial charge in [-0.25, -0.2) is 4.79 Å². The highest BCUT2D eigenvalue weighted by atomic mass is 35.5. The summed E-state index contributed by atoms with van der Waals surface area (Å²) in [6.45, 7) is 6.02. The number of hydrogen-bond acceptors (Lipinski definition) is 5. The van der Waals surface area contributed by atoms with Crippen molar-refractivity contribution in [3.63, 3.8) is 0 Å². The first-order valence-corrected chi connectivity index (χ1v) is 10.6. The number of hydrogen-bond donors (Lipinski definition) is 1. The fourth-order valence-corrected chi connectivity index (χ4v) is 3.29. The van der Waals surface area contributed by atoms with Crippen molar-refractivity contribution in [2.24, 2.45) is 0 Å². The number of carbonyl (C=O) groups excluding carboxylic acids is 2. The Morgan fingerprint density at radius 2 is 1.81 bits per heavy atom. The summed E-state index contributed by atoms with van der Waals surface area (Å²) >= 11 is 5.96. The van der Waals surface area contributed by atoms with E-state index in [2.05, 4.69) is 10.4 Å². The van der Waals surface area contributed by atoms with Crippen LogP contribution in [-0.4, -0.2) is 34.9 Å². The predicted octanol–water partition coefficient (Wildman–Crippen LogP) is 3.75. The number of aryl methyl sites for hydroxylation is 2. The van der Waals surface area contributed by atoms with Crippen LogP contribution in [0.15, 0.2) is 48.5 Å². The molecule has 3 aromatic rings. The first kappa shape index (κ1) is 23.3. The Morgan fingerprint density at radius 1 is 1.06 bits per heavy atom. The monoisotopic (exact) mass is 455 g/mol. The molecule has 0 atom stereocenters. The molecule has 0 bridgehead atoms. The van der Waals surface area contributed by atoms with Gasteiger partial charge in [-0.3, -0.25) is 9.48 Å². The maximum Gasteiger partial charge on any atom is 0.344 e. The first-order valence-electron chi connectivity index (χ1n) is 10.2. The number of amides is 1. The molecule has 0 aliphatic heterocycles. The van der Waals surface area contributed by atoms with Crippen LogP contribution in [0.4, 0.5) is 0 Å². The number of benzene rings is 2. The molecule has 0 saturated carbocycles. The van der Waals surface area contributed by atoms with Gasteiger partial charge in [0.15, 0.2) is 13.2 Å². The average molecular weight is 456 g/mol. The molecular weight excluding hydrogens is 430 g/mol. The Morgan fingerprint density at radius 3 is 2.53 bits per heavy atom. The van der Waals surface area contributed by atoms with Crippen LogP contribution in [0.3, 0.4) is 0 Å². The van der Waals surface area contributed by atoms with Crippen molar-refractivity contribution < 1.29 is 19.1 Å². The summed E-state index contributed by atoms with van der Waals surface area (Å²) in [6.07, 6.45) is 0. The molecule has 7 nitrogen and oxygen atoms in total. The van der Waals surface area contributed by atoms with Gasteiger partial charge in [0.1, 0.15) is 5.75 Å². The van der Waals surface area contributed by atoms with Crippen LogP contribution < -0.4 is 10.1 Å². The van der Waals surface area contributed by atoms with Crippen LogP contribution >= 0.6 is 11.6 Å². The number of nitrogens with one attached hydrogen (secondary N) is 1. The zero-order valence-electron chi connectivity index (χ0n) is 18.4. The summed E-state index contributed by atoms with van der Waals surface area (Å²) in [5, 5.41) is 7.97. The second-order valence-electron chi connectivity index (χ2n) is 7.43. The van der Waals surface area contributed by atoms with Crippen LogP contribution in [0.1, 0.15) is 28.1 Å². The van der Waals surface area contributed by atoms with E-state index in [4.69, 9.17) is 21.1 Å². The first-order chi connectivity index (χ1) is 15.3. The molecule has 0 aliphatic rings. The van der Waals surface area contributed by atoms with Gasteiger partial charge >= 0.3 is 5.97 Å². The van der Waals surface area contributed by atoms with Gasteiger partial charge in [-0.15, -0.1) is 0 Å². The number of nitrogens with zero attached hydrogens (tertiary/aromatic N) is 2. The predicted molar refractivity (Wildman–Crippen MR) is 122 cm³/mol. The van der Waals surface area contributed by atoms with Crippen molar-refractivity contribution >= 4 is 23.5 Å². The largest absolute Gasteiger partial charge is 0.482 e. The molecule has 1 N–H and O–H groups in total. The van der Waals surface area contributed by atoms with Crippen LogP contribution in [0.5, 0.6) is 5.75 Å². The SMILES string of the molecule is Cc1cc(OCC(=O)OCC(=O)NCc2c(C)nn(Cc3ccccc3)c2C)ccc1Cl. The van der Waals surface area contributed by atoms with Gasteiger partial charge in [0, 0.05) is 22.8 Å². The third-order valence-electron chi connectivity index (χ3n) is 5.02. The Hall–Kier alpha value is -3.32. The maximum atomic E-state index is 12.1. The van der Waals surface area contributed by atoms with Gasteiger partial charge in [-0.1, -0.05) is 41.9 Å². The van der Waals surface area contributed by atoms with Gasteiger partial charge in [0.25, 0.3) is 5.91 Å². The van der Waals surface area contributed by atoms with Crippen molar-refractivity contribution in [1.29, 1.82) is 0 Å². The van der Waals surface area contributed by atoms with Crippen LogP contribution in [0.25, 0.3) is 0 Å². The molecule has 0 aliphatic carbocycles. The topological polar surface area (TPSA) is 82.4 Å². The Labute approximate surface area is 192 Å². The quantitative estimate of drug-likeness (QED) is 0.497. The van der Waals surface area contributed by atoms with Gasteiger partial charge in [-0.05, 0) is 50.1 Å². The Balaban J connectivity index is 1.44. The maximum absolute atomic E-state index is 12.1. The summed E-state index contributed by atoms with van der Waals surface area (Å²) in [4.78, 5) is 24.0. The highest BCUT2D eigenvalue weighted by Crippen LogP contribution is 2.21. The lowest BCUT2D eigenvalue weighted by atomic mass is 10.2. The minimum Gasteiger partial charge on any atom is -0.482 e. The van der Waals surface area contributed by atoms with Crippen LogP contribution in [0.2, 0.25) is 5.02 Å². The molecule has 0 fully saturated rings. The number of ether oxygens (including phenoxy) is 2. The fourth-order valence-electron chi connectivity index (χ4n) is 3.18. The molecule has 1 amide bonds. The minimum absolute atomic E-state index is 0.293. The normalized spacial score (nSPS) is 10.6. The van der Waals surface area contributed by atoms with E-state index in [0.717, 1.165) is 28.1 Å². The van der Waals surface area contributed by atoms with Crippen LogP contribution in [-0.2, 0) is 27.4 Å². The van der Waals surface area contributed by atoms with E-state index in [1.807, 2.05) is 55.8 Å². The summed E-state index contributed by atoms with van der Waals surface area (Å²) < 4.78 is 12.3. The number of halogens is 1. The van der Waals surface area contributed by atoms with E-state index >= 15 is 0 Å². The summed E-state index contributed by atoms with van der Waals surface area (Å²) in [7, 11) is 0. The molecule has 0 spiro atoms. The number of aromatic nitrogens is 2. The van der Waals surface area contributed by atoms with Crippen molar-refractivity contribution in [3.05, 3.63) is 81.6 Å². The van der Waals surface area contributed by atoms with E-state index in [-0.39, 0.29) is 13.2 Å². The van der Waals surface area contributed by atoms with Crippen LogP contribution in [0, 0.1) is 20.8 Å². The smallest absolute Gasteiger partial charge is 0.344 e. The van der Waals surface area contributed by atoms with E-state index < -0.39 is 11.9 Å². The summed E-state index contributed by atoms with van der Waals surface area (Å²) in [5.41, 5.74) is 4.77. The number of carbonyl (C=O) groups is 2. The average Bonchev–Trinajstić information content (AvgIpc) is 3.04. The van der Waals surface area contributed by atoms with Gasteiger partial charge in [0.2, 0.25) is 0 Å². The number of rotatable bonds is 9. The molecule has 1 aromatic heterocycles. The Kier molecular flexibility index (Phi) is 7.89. The highest BCUT2D eigenvalue weighted by Gasteiger charge is 2.14. The molecule has 2 aromatic carbocycles. The standard InChI is InChI=1S/C24H26ClN3O4/c1-16-11-20(9-10-22(16)25)31-15-24(30)32-14-23(29)26-12-21-17(2)27-28(18(21)3)13-19-7-5-4-6-8-19/h4-11H,12-15H2,1-3H3,(H,26,29). The van der Waals surface area contributed by atoms with Crippen molar-refractivity contribution in [2.45, 2.75) is 33.9 Å². The molecule has 0 saturated heterocycles. The molecular formula is C24H26ClN3O4. The van der Waals surface area contributed by atoms with Gasteiger partial charge in [0.05, 0.1) is 12.2 Å². The van der Waals surface area contributed by atoms with Gasteiger partial charge in [-0.2, -0.15) is 5.10 Å². The zero-order valence-corrected chi connectivity index (χ0v) is 19.1. The number of esters is 1. The van der Waals surface area contributed by atoms with Gasteiger partial charge < -0.3 is 14.8 Å². The minimum atomic E-state index is -0.629. The third-order valence-corrected chi connectivity index (χ3v) is 5.44. The Bertz CT molecular complexity index is 1100. The van der Waals surface area contributed by atoms with Crippen molar-refractivity contribution in [2.75, 3.05) is 13.2 Å². The second kappa shape index (κ2) is 10.8.